The lowest BCUT2D eigenvalue weighted by Crippen LogP contribution is -2.35. The second-order valence-corrected chi connectivity index (χ2v) is 5.69. The summed E-state index contributed by atoms with van der Waals surface area (Å²) in [6.45, 7) is 0. The maximum atomic E-state index is 12.1. The third kappa shape index (κ3) is 1.77. The van der Waals surface area contributed by atoms with Crippen LogP contribution in [0.5, 0.6) is 5.75 Å². The number of fused-ring (bicyclic) bond motifs is 1. The molecule has 6 nitrogen and oxygen atoms in total. The minimum absolute atomic E-state index is 0.0585. The largest absolute Gasteiger partial charge is 0.508 e. The van der Waals surface area contributed by atoms with Gasteiger partial charge >= 0.3 is 5.97 Å². The number of carbonyl (C=O) groups excluding carboxylic acids is 1. The molecule has 2 rings (SSSR count). The molecule has 1 aliphatic rings. The lowest BCUT2D eigenvalue weighted by Gasteiger charge is -2.10. The molecule has 0 aromatic heterocycles. The molecule has 3 N–H and O–H groups in total. The first-order valence-corrected chi connectivity index (χ1v) is 6.49. The Labute approximate surface area is 104 Å². The number of rotatable bonds is 2. The molecule has 96 valence electrons. The smallest absolute Gasteiger partial charge is 0.328 e. The monoisotopic (exact) mass is 269 g/mol. The number of phenols is 1. The molecule has 0 bridgehead atoms. The van der Waals surface area contributed by atoms with E-state index in [1.807, 2.05) is 0 Å². The SMILES string of the molecule is COC(=O)C(N)C1=Cc2ccc(O)cc2S1(=O)=O. The normalized spacial score (nSPS) is 17.8. The average Bonchev–Trinajstić information content (AvgIpc) is 2.59. The highest BCUT2D eigenvalue weighted by molar-refractivity contribution is 7.96. The lowest BCUT2D eigenvalue weighted by atomic mass is 10.1. The predicted molar refractivity (Wildman–Crippen MR) is 63.3 cm³/mol. The molecule has 0 saturated heterocycles. The Balaban J connectivity index is 2.54. The molecule has 18 heavy (non-hydrogen) atoms. The molecule has 0 aliphatic carbocycles. The van der Waals surface area contributed by atoms with E-state index in [0.717, 1.165) is 13.2 Å². The van der Waals surface area contributed by atoms with Gasteiger partial charge in [-0.2, -0.15) is 0 Å². The molecule has 0 saturated carbocycles. The van der Waals surface area contributed by atoms with Crippen LogP contribution in [0.25, 0.3) is 6.08 Å². The van der Waals surface area contributed by atoms with Crippen molar-refractivity contribution in [1.29, 1.82) is 0 Å². The van der Waals surface area contributed by atoms with E-state index in [4.69, 9.17) is 5.73 Å². The highest BCUT2D eigenvalue weighted by Crippen LogP contribution is 2.36. The number of hydrogen-bond donors (Lipinski definition) is 2. The van der Waals surface area contributed by atoms with Crippen molar-refractivity contribution in [2.45, 2.75) is 10.9 Å². The van der Waals surface area contributed by atoms with Gasteiger partial charge < -0.3 is 15.6 Å². The molecule has 0 spiro atoms. The fourth-order valence-electron chi connectivity index (χ4n) is 1.73. The summed E-state index contributed by atoms with van der Waals surface area (Å²) in [6, 6.07) is 2.56. The lowest BCUT2D eigenvalue weighted by molar-refractivity contribution is -0.141. The first-order valence-electron chi connectivity index (χ1n) is 5.01. The fraction of sp³-hybridized carbons (Fsp3) is 0.182. The Morgan fingerprint density at radius 2 is 2.11 bits per heavy atom. The molecule has 7 heteroatoms. The minimum atomic E-state index is -3.85. The number of carbonyl (C=O) groups is 1. The van der Waals surface area contributed by atoms with Crippen LogP contribution < -0.4 is 5.73 Å². The molecule has 1 heterocycles. The highest BCUT2D eigenvalue weighted by Gasteiger charge is 2.36. The summed E-state index contributed by atoms with van der Waals surface area (Å²) in [4.78, 5) is 11.0. The van der Waals surface area contributed by atoms with Crippen LogP contribution in [0.4, 0.5) is 0 Å². The summed E-state index contributed by atoms with van der Waals surface area (Å²) < 4.78 is 28.7. The summed E-state index contributed by atoms with van der Waals surface area (Å²) in [5.41, 5.74) is 5.93. The maximum Gasteiger partial charge on any atom is 0.328 e. The first kappa shape index (κ1) is 12.6. The van der Waals surface area contributed by atoms with Crippen molar-refractivity contribution >= 4 is 21.9 Å². The van der Waals surface area contributed by atoms with E-state index in [1.165, 1.54) is 18.2 Å². The zero-order chi connectivity index (χ0) is 13.5. The minimum Gasteiger partial charge on any atom is -0.508 e. The van der Waals surface area contributed by atoms with Gasteiger partial charge in [0.05, 0.1) is 16.9 Å². The van der Waals surface area contributed by atoms with E-state index < -0.39 is 21.8 Å². The fourth-order valence-corrected chi connectivity index (χ4v) is 3.41. The number of ether oxygens (including phenoxy) is 1. The molecule has 1 unspecified atom stereocenters. The summed E-state index contributed by atoms with van der Waals surface area (Å²) in [5, 5.41) is 9.30. The number of benzene rings is 1. The predicted octanol–water partition coefficient (Wildman–Crippen LogP) is 0.0207. The Hall–Kier alpha value is -1.86. The summed E-state index contributed by atoms with van der Waals surface area (Å²) in [6.07, 6.45) is 1.31. The van der Waals surface area contributed by atoms with E-state index >= 15 is 0 Å². The second kappa shape index (κ2) is 4.11. The van der Waals surface area contributed by atoms with Crippen LogP contribution in [0.3, 0.4) is 0 Å². The van der Waals surface area contributed by atoms with Crippen molar-refractivity contribution in [1.82, 2.24) is 0 Å². The van der Waals surface area contributed by atoms with Gasteiger partial charge in [-0.15, -0.1) is 0 Å². The van der Waals surface area contributed by atoms with Crippen LogP contribution in [0.1, 0.15) is 5.56 Å². The van der Waals surface area contributed by atoms with Gasteiger partial charge in [0.2, 0.25) is 9.84 Å². The quantitative estimate of drug-likeness (QED) is 0.733. The zero-order valence-corrected chi connectivity index (χ0v) is 10.3. The van der Waals surface area contributed by atoms with Crippen molar-refractivity contribution < 1.29 is 23.1 Å². The van der Waals surface area contributed by atoms with Gasteiger partial charge in [-0.25, -0.2) is 13.2 Å². The number of aromatic hydroxyl groups is 1. The molecule has 1 aromatic carbocycles. The Kier molecular flexibility index (Phi) is 2.88. The zero-order valence-electron chi connectivity index (χ0n) is 9.45. The molecule has 1 aromatic rings. The van der Waals surface area contributed by atoms with Gasteiger partial charge in [-0.1, -0.05) is 0 Å². The van der Waals surface area contributed by atoms with Crippen LogP contribution in [0.15, 0.2) is 28.0 Å². The first-order chi connectivity index (χ1) is 8.37. The highest BCUT2D eigenvalue weighted by atomic mass is 32.2. The van der Waals surface area contributed by atoms with E-state index in [9.17, 15) is 18.3 Å². The topological polar surface area (TPSA) is 107 Å². The number of methoxy groups -OCH3 is 1. The van der Waals surface area contributed by atoms with Crippen LogP contribution in [0.2, 0.25) is 0 Å². The molecule has 1 atom stereocenters. The Morgan fingerprint density at radius 3 is 2.72 bits per heavy atom. The van der Waals surface area contributed by atoms with E-state index in [-0.39, 0.29) is 15.6 Å². The number of phenolic OH excluding ortho intramolecular Hbond substituents is 1. The maximum absolute atomic E-state index is 12.1. The Morgan fingerprint density at radius 1 is 1.44 bits per heavy atom. The molecular weight excluding hydrogens is 258 g/mol. The Bertz CT molecular complexity index is 647. The summed E-state index contributed by atoms with van der Waals surface area (Å²) >= 11 is 0. The standard InChI is InChI=1S/C11H11NO5S/c1-17-11(14)10(12)9-4-6-2-3-7(13)5-8(6)18(9,15)16/h2-5,10,13H,12H2,1H3. The van der Waals surface area contributed by atoms with Gasteiger partial charge in [0.15, 0.2) is 0 Å². The van der Waals surface area contributed by atoms with Crippen LogP contribution in [0, 0.1) is 0 Å². The van der Waals surface area contributed by atoms with Crippen molar-refractivity contribution in [2.24, 2.45) is 5.73 Å². The van der Waals surface area contributed by atoms with Crippen LogP contribution in [-0.2, 0) is 19.4 Å². The van der Waals surface area contributed by atoms with Gasteiger partial charge in [-0.3, -0.25) is 0 Å². The molecule has 1 aliphatic heterocycles. The number of sulfone groups is 1. The average molecular weight is 269 g/mol. The van der Waals surface area contributed by atoms with Crippen molar-refractivity contribution in [3.63, 3.8) is 0 Å². The van der Waals surface area contributed by atoms with Crippen LogP contribution >= 0.6 is 0 Å². The van der Waals surface area contributed by atoms with Gasteiger partial charge in [-0.05, 0) is 29.8 Å². The molecular formula is C11H11NO5S. The summed E-state index contributed by atoms with van der Waals surface area (Å²) in [7, 11) is -2.72. The van der Waals surface area contributed by atoms with E-state index in [2.05, 4.69) is 4.74 Å². The third-order valence-electron chi connectivity index (χ3n) is 2.66. The van der Waals surface area contributed by atoms with E-state index in [0.29, 0.717) is 5.56 Å². The number of esters is 1. The summed E-state index contributed by atoms with van der Waals surface area (Å²) in [5.74, 6) is -1.000. The number of nitrogens with two attached hydrogens (primary N) is 1. The van der Waals surface area contributed by atoms with Crippen molar-refractivity contribution in [3.8, 4) is 5.75 Å². The van der Waals surface area contributed by atoms with Crippen molar-refractivity contribution in [2.75, 3.05) is 7.11 Å². The van der Waals surface area contributed by atoms with Crippen molar-refractivity contribution in [3.05, 3.63) is 28.7 Å². The molecule has 0 fully saturated rings. The number of hydrogen-bond acceptors (Lipinski definition) is 6. The van der Waals surface area contributed by atoms with Gasteiger partial charge in [0.1, 0.15) is 11.8 Å². The van der Waals surface area contributed by atoms with Crippen LogP contribution in [-0.4, -0.2) is 32.6 Å². The van der Waals surface area contributed by atoms with E-state index in [1.54, 1.807) is 0 Å². The second-order valence-electron chi connectivity index (χ2n) is 3.77. The van der Waals surface area contributed by atoms with Gasteiger partial charge in [0, 0.05) is 0 Å². The molecule has 0 radical (unpaired) electrons. The molecule has 0 amide bonds. The third-order valence-corrected chi connectivity index (χ3v) is 4.58. The van der Waals surface area contributed by atoms with Gasteiger partial charge in [0.25, 0.3) is 0 Å².